The van der Waals surface area contributed by atoms with Gasteiger partial charge in [0.2, 0.25) is 5.91 Å². The highest BCUT2D eigenvalue weighted by Crippen LogP contribution is 2.33. The SMILES string of the molecule is O=C(CSc1nnc(-c2ccc(CSc3nc4ccccc4s3)cc2)n1-c1ccccc1)Nc1ccc(N2CCCCC2)cc1.[Cl-]. The molecule has 1 aliphatic rings. The van der Waals surface area contributed by atoms with Crippen molar-refractivity contribution >= 4 is 62.4 Å². The molecule has 0 spiro atoms. The summed E-state index contributed by atoms with van der Waals surface area (Å²) in [6.07, 6.45) is 3.78. The van der Waals surface area contributed by atoms with Gasteiger partial charge < -0.3 is 22.6 Å². The first-order valence-corrected chi connectivity index (χ1v) is 17.8. The van der Waals surface area contributed by atoms with Gasteiger partial charge in [-0.1, -0.05) is 78.1 Å². The molecule has 1 fully saturated rings. The number of anilines is 2. The summed E-state index contributed by atoms with van der Waals surface area (Å²) in [6, 6.07) is 34.9. The molecule has 7 nitrogen and oxygen atoms in total. The lowest BCUT2D eigenvalue weighted by molar-refractivity contribution is -0.113. The van der Waals surface area contributed by atoms with E-state index in [2.05, 4.69) is 75.0 Å². The molecule has 0 unspecified atom stereocenters. The van der Waals surface area contributed by atoms with E-state index in [1.54, 1.807) is 23.1 Å². The lowest BCUT2D eigenvalue weighted by Gasteiger charge is -2.28. The molecule has 2 aromatic heterocycles. The van der Waals surface area contributed by atoms with Crippen molar-refractivity contribution in [2.75, 3.05) is 29.1 Å². The van der Waals surface area contributed by atoms with Crippen LogP contribution in [0.4, 0.5) is 11.4 Å². The van der Waals surface area contributed by atoms with E-state index in [1.165, 1.54) is 47.0 Å². The van der Waals surface area contributed by atoms with Crippen molar-refractivity contribution < 1.29 is 17.2 Å². The van der Waals surface area contributed by atoms with Gasteiger partial charge >= 0.3 is 0 Å². The Labute approximate surface area is 287 Å². The molecule has 0 aliphatic carbocycles. The molecule has 234 valence electrons. The topological polar surface area (TPSA) is 75.9 Å². The molecule has 6 aromatic rings. The molecule has 1 aliphatic heterocycles. The number of thiazole rings is 1. The summed E-state index contributed by atoms with van der Waals surface area (Å²) >= 11 is 4.86. The number of benzene rings is 4. The van der Waals surface area contributed by atoms with Crippen LogP contribution < -0.4 is 22.6 Å². The Hall–Kier alpha value is -3.83. The highest BCUT2D eigenvalue weighted by Gasteiger charge is 2.18. The third-order valence-electron chi connectivity index (χ3n) is 7.70. The molecule has 0 atom stereocenters. The van der Waals surface area contributed by atoms with Crippen LogP contribution >= 0.6 is 34.9 Å². The lowest BCUT2D eigenvalue weighted by atomic mass is 10.1. The summed E-state index contributed by atoms with van der Waals surface area (Å²) in [5.74, 6) is 1.72. The smallest absolute Gasteiger partial charge is 0.234 e. The molecular formula is C35H32ClN6OS3-. The summed E-state index contributed by atoms with van der Waals surface area (Å²) in [5, 5.41) is 12.8. The van der Waals surface area contributed by atoms with Crippen molar-refractivity contribution in [1.82, 2.24) is 19.7 Å². The Morgan fingerprint density at radius 3 is 2.28 bits per heavy atom. The summed E-state index contributed by atoms with van der Waals surface area (Å²) in [6.45, 7) is 2.20. The average molecular weight is 684 g/mol. The molecule has 7 rings (SSSR count). The number of carbonyl (C=O) groups excluding carboxylic acids is 1. The van der Waals surface area contributed by atoms with E-state index in [0.717, 1.165) is 51.5 Å². The highest BCUT2D eigenvalue weighted by molar-refractivity contribution is 8.00. The van der Waals surface area contributed by atoms with Crippen molar-refractivity contribution in [1.29, 1.82) is 0 Å². The zero-order chi connectivity index (χ0) is 30.4. The van der Waals surface area contributed by atoms with E-state index in [9.17, 15) is 4.79 Å². The Morgan fingerprint density at radius 1 is 0.783 bits per heavy atom. The molecule has 1 N–H and O–H groups in total. The van der Waals surface area contributed by atoms with Crippen LogP contribution in [-0.4, -0.2) is 44.5 Å². The van der Waals surface area contributed by atoms with E-state index in [1.807, 2.05) is 53.1 Å². The second-order valence-electron chi connectivity index (χ2n) is 10.8. The van der Waals surface area contributed by atoms with Gasteiger partial charge in [0.25, 0.3) is 0 Å². The maximum atomic E-state index is 12.9. The minimum Gasteiger partial charge on any atom is -1.00 e. The third kappa shape index (κ3) is 7.58. The fraction of sp³-hybridized carbons (Fsp3) is 0.200. The van der Waals surface area contributed by atoms with Gasteiger partial charge in [-0.05, 0) is 73.4 Å². The first-order valence-electron chi connectivity index (χ1n) is 15.1. The number of hydrogen-bond donors (Lipinski definition) is 1. The molecule has 46 heavy (non-hydrogen) atoms. The number of para-hydroxylation sites is 2. The van der Waals surface area contributed by atoms with Crippen LogP contribution in [0.3, 0.4) is 0 Å². The van der Waals surface area contributed by atoms with Gasteiger partial charge in [-0.25, -0.2) is 4.98 Å². The molecule has 4 aromatic carbocycles. The fourth-order valence-corrected chi connectivity index (χ4v) is 8.18. The molecular weight excluding hydrogens is 652 g/mol. The van der Waals surface area contributed by atoms with Gasteiger partial charge in [0.1, 0.15) is 0 Å². The predicted octanol–water partition coefficient (Wildman–Crippen LogP) is 5.56. The minimum atomic E-state index is -0.0788. The number of rotatable bonds is 10. The van der Waals surface area contributed by atoms with Crippen LogP contribution in [0.2, 0.25) is 0 Å². The Bertz CT molecular complexity index is 1850. The number of amides is 1. The maximum Gasteiger partial charge on any atom is 0.234 e. The summed E-state index contributed by atoms with van der Waals surface area (Å²) < 4.78 is 4.31. The van der Waals surface area contributed by atoms with Crippen molar-refractivity contribution in [3.63, 3.8) is 0 Å². The molecule has 0 bridgehead atoms. The van der Waals surface area contributed by atoms with Crippen LogP contribution in [0, 0.1) is 0 Å². The number of fused-ring (bicyclic) bond motifs is 1. The van der Waals surface area contributed by atoms with Gasteiger partial charge in [-0.3, -0.25) is 9.36 Å². The van der Waals surface area contributed by atoms with Crippen molar-refractivity contribution in [2.45, 2.75) is 34.5 Å². The Morgan fingerprint density at radius 2 is 1.52 bits per heavy atom. The standard InChI is InChI=1S/C35H32N6OS3.ClH/c42-32(36-27-17-19-28(20-18-27)40-21-7-2-8-22-40)24-43-34-39-38-33(41(34)29-9-3-1-4-10-29)26-15-13-25(14-16-26)23-44-35-37-30-11-5-6-12-31(30)45-35;/h1,3-6,9-20H,2,7-8,21-24H2,(H,36,42);1H/p-1. The van der Waals surface area contributed by atoms with Gasteiger partial charge in [0, 0.05) is 41.5 Å². The average Bonchev–Trinajstić information content (AvgIpc) is 3.72. The fourth-order valence-electron chi connectivity index (χ4n) is 5.40. The van der Waals surface area contributed by atoms with Gasteiger partial charge in [0.15, 0.2) is 15.3 Å². The molecule has 3 heterocycles. The first kappa shape index (κ1) is 32.1. The largest absolute Gasteiger partial charge is 1.00 e. The van der Waals surface area contributed by atoms with E-state index in [4.69, 9.17) is 4.98 Å². The van der Waals surface area contributed by atoms with Crippen molar-refractivity contribution in [3.8, 4) is 17.1 Å². The lowest BCUT2D eigenvalue weighted by Crippen LogP contribution is -3.00. The summed E-state index contributed by atoms with van der Waals surface area (Å²) in [7, 11) is 0. The first-order chi connectivity index (χ1) is 22.2. The Balaban J connectivity index is 0.00000372. The number of carbonyl (C=O) groups is 1. The number of nitrogens with one attached hydrogen (secondary N) is 1. The van der Waals surface area contributed by atoms with E-state index >= 15 is 0 Å². The number of piperidine rings is 1. The number of nitrogens with zero attached hydrogens (tertiary/aromatic N) is 5. The molecule has 0 radical (unpaired) electrons. The summed E-state index contributed by atoms with van der Waals surface area (Å²) in [4.78, 5) is 20.1. The maximum absolute atomic E-state index is 12.9. The number of aromatic nitrogens is 4. The molecule has 1 amide bonds. The van der Waals surface area contributed by atoms with Crippen LogP contribution in [0.25, 0.3) is 27.3 Å². The molecule has 0 saturated carbocycles. The normalized spacial score (nSPS) is 13.0. The van der Waals surface area contributed by atoms with E-state index < -0.39 is 0 Å². The zero-order valence-electron chi connectivity index (χ0n) is 25.0. The van der Waals surface area contributed by atoms with Gasteiger partial charge in [-0.2, -0.15) is 0 Å². The highest BCUT2D eigenvalue weighted by atomic mass is 35.5. The molecule has 1 saturated heterocycles. The van der Waals surface area contributed by atoms with Crippen molar-refractivity contribution in [2.24, 2.45) is 0 Å². The van der Waals surface area contributed by atoms with Crippen LogP contribution in [0.15, 0.2) is 113 Å². The predicted molar refractivity (Wildman–Crippen MR) is 188 cm³/mol. The minimum absolute atomic E-state index is 0. The second kappa shape index (κ2) is 15.2. The molecule has 11 heteroatoms. The number of halogens is 1. The van der Waals surface area contributed by atoms with Crippen LogP contribution in [0.5, 0.6) is 0 Å². The monoisotopic (exact) mass is 683 g/mol. The van der Waals surface area contributed by atoms with E-state index in [0.29, 0.717) is 5.16 Å². The zero-order valence-corrected chi connectivity index (χ0v) is 28.2. The van der Waals surface area contributed by atoms with Crippen LogP contribution in [0.1, 0.15) is 24.8 Å². The second-order valence-corrected chi connectivity index (χ2v) is 14.0. The summed E-state index contributed by atoms with van der Waals surface area (Å²) in [5.41, 5.74) is 6.19. The van der Waals surface area contributed by atoms with Gasteiger partial charge in [0.05, 0.1) is 16.0 Å². The van der Waals surface area contributed by atoms with E-state index in [-0.39, 0.29) is 24.1 Å². The Kier molecular flexibility index (Phi) is 10.6. The third-order valence-corrected chi connectivity index (χ3v) is 10.9. The quantitative estimate of drug-likeness (QED) is 0.190. The number of hydrogen-bond acceptors (Lipinski definition) is 8. The number of thioether (sulfide) groups is 2. The van der Waals surface area contributed by atoms with Gasteiger partial charge in [-0.15, -0.1) is 21.5 Å². The van der Waals surface area contributed by atoms with Crippen LogP contribution in [-0.2, 0) is 10.5 Å². The van der Waals surface area contributed by atoms with Crippen molar-refractivity contribution in [3.05, 3.63) is 109 Å².